The highest BCUT2D eigenvalue weighted by atomic mass is 35.5. The molecule has 1 aromatic carbocycles. The number of carbonyl (C=O) groups is 1. The van der Waals surface area contributed by atoms with E-state index in [1.807, 2.05) is 27.7 Å². The van der Waals surface area contributed by atoms with Gasteiger partial charge < -0.3 is 14.8 Å². The monoisotopic (exact) mass is 301 g/mol. The summed E-state index contributed by atoms with van der Waals surface area (Å²) in [5.74, 6) is 1.21. The molecule has 114 valence electrons. The van der Waals surface area contributed by atoms with Gasteiger partial charge in [-0.1, -0.05) is 0 Å². The topological polar surface area (TPSA) is 47.6 Å². The lowest BCUT2D eigenvalue weighted by Gasteiger charge is -2.27. The zero-order chi connectivity index (χ0) is 14.6. The largest absolute Gasteiger partial charge is 0.493 e. The summed E-state index contributed by atoms with van der Waals surface area (Å²) < 4.78 is 10.4. The van der Waals surface area contributed by atoms with Gasteiger partial charge in [0.25, 0.3) is 0 Å². The Morgan fingerprint density at radius 2 is 1.70 bits per heavy atom. The van der Waals surface area contributed by atoms with Gasteiger partial charge in [0.15, 0.2) is 17.3 Å². The molecule has 0 aliphatic heterocycles. The minimum atomic E-state index is -0.617. The first-order valence-corrected chi connectivity index (χ1v) is 6.36. The minimum Gasteiger partial charge on any atom is -0.493 e. The summed E-state index contributed by atoms with van der Waals surface area (Å²) in [6.07, 6.45) is 0. The number of hydrogen-bond acceptors (Lipinski definition) is 4. The average Bonchev–Trinajstić information content (AvgIpc) is 2.35. The molecule has 0 saturated carbocycles. The minimum absolute atomic E-state index is 0. The third-order valence-corrected chi connectivity index (χ3v) is 2.86. The lowest BCUT2D eigenvalue weighted by atomic mass is 9.92. The SMILES string of the molecule is COc1ccc(C(=O)C(C)(C)NC(C)C)cc1OC.Cl. The van der Waals surface area contributed by atoms with Crippen LogP contribution in [0, 0.1) is 0 Å². The fraction of sp³-hybridized carbons (Fsp3) is 0.533. The molecule has 0 fully saturated rings. The Labute approximate surface area is 127 Å². The van der Waals surface area contributed by atoms with Crippen LogP contribution in [0.15, 0.2) is 18.2 Å². The number of nitrogens with one attached hydrogen (secondary N) is 1. The van der Waals surface area contributed by atoms with Crippen molar-refractivity contribution in [1.29, 1.82) is 0 Å². The lowest BCUT2D eigenvalue weighted by molar-refractivity contribution is 0.0873. The van der Waals surface area contributed by atoms with Gasteiger partial charge in [-0.05, 0) is 45.9 Å². The maximum absolute atomic E-state index is 12.5. The summed E-state index contributed by atoms with van der Waals surface area (Å²) in [4.78, 5) is 12.5. The molecule has 0 atom stereocenters. The van der Waals surface area contributed by atoms with Crippen LogP contribution in [0.5, 0.6) is 11.5 Å². The molecule has 0 heterocycles. The van der Waals surface area contributed by atoms with Gasteiger partial charge in [-0.3, -0.25) is 4.79 Å². The fourth-order valence-electron chi connectivity index (χ4n) is 2.13. The van der Waals surface area contributed by atoms with E-state index in [1.54, 1.807) is 32.4 Å². The van der Waals surface area contributed by atoms with Crippen LogP contribution in [0.4, 0.5) is 0 Å². The number of Topliss-reactive ketones (excluding diaryl/α,β-unsaturated/α-hetero) is 1. The number of carbonyl (C=O) groups excluding carboxylic acids is 1. The molecular formula is C15H24ClNO3. The van der Waals surface area contributed by atoms with Crippen LogP contribution in [-0.4, -0.2) is 31.6 Å². The van der Waals surface area contributed by atoms with Crippen molar-refractivity contribution in [2.45, 2.75) is 39.3 Å². The van der Waals surface area contributed by atoms with Crippen molar-refractivity contribution in [2.24, 2.45) is 0 Å². The molecule has 0 amide bonds. The molecule has 1 N–H and O–H groups in total. The van der Waals surface area contributed by atoms with Crippen molar-refractivity contribution in [3.63, 3.8) is 0 Å². The second kappa shape index (κ2) is 7.50. The van der Waals surface area contributed by atoms with Crippen molar-refractivity contribution in [3.8, 4) is 11.5 Å². The molecule has 0 spiro atoms. The maximum Gasteiger partial charge on any atom is 0.182 e. The van der Waals surface area contributed by atoms with E-state index in [2.05, 4.69) is 5.32 Å². The first kappa shape index (κ1) is 18.7. The molecule has 1 rings (SSSR count). The van der Waals surface area contributed by atoms with Crippen molar-refractivity contribution in [2.75, 3.05) is 14.2 Å². The predicted octanol–water partition coefficient (Wildman–Crippen LogP) is 3.08. The van der Waals surface area contributed by atoms with E-state index in [9.17, 15) is 4.79 Å². The fourth-order valence-corrected chi connectivity index (χ4v) is 2.13. The Bertz CT molecular complexity index is 458. The summed E-state index contributed by atoms with van der Waals surface area (Å²) in [7, 11) is 3.13. The number of halogens is 1. The molecule has 4 nitrogen and oxygen atoms in total. The van der Waals surface area contributed by atoms with Crippen LogP contribution in [0.2, 0.25) is 0 Å². The first-order chi connectivity index (χ1) is 8.81. The van der Waals surface area contributed by atoms with E-state index >= 15 is 0 Å². The predicted molar refractivity (Wildman–Crippen MR) is 83.5 cm³/mol. The zero-order valence-corrected chi connectivity index (χ0v) is 13.8. The maximum atomic E-state index is 12.5. The molecule has 0 aromatic heterocycles. The number of benzene rings is 1. The average molecular weight is 302 g/mol. The third kappa shape index (κ3) is 4.39. The Morgan fingerprint density at radius 1 is 1.15 bits per heavy atom. The highest BCUT2D eigenvalue weighted by Crippen LogP contribution is 2.29. The third-order valence-electron chi connectivity index (χ3n) is 2.86. The summed E-state index contributed by atoms with van der Waals surface area (Å²) in [6, 6.07) is 5.45. The second-order valence-corrected chi connectivity index (χ2v) is 5.32. The molecule has 0 unspecified atom stereocenters. The van der Waals surface area contributed by atoms with E-state index in [4.69, 9.17) is 9.47 Å². The van der Waals surface area contributed by atoms with E-state index in [-0.39, 0.29) is 24.2 Å². The number of ether oxygens (including phenoxy) is 2. The van der Waals surface area contributed by atoms with Gasteiger partial charge in [-0.15, -0.1) is 12.4 Å². The normalized spacial score (nSPS) is 10.9. The van der Waals surface area contributed by atoms with Gasteiger partial charge in [0.1, 0.15) is 0 Å². The van der Waals surface area contributed by atoms with Gasteiger partial charge in [0, 0.05) is 11.6 Å². The lowest BCUT2D eigenvalue weighted by Crippen LogP contribution is -2.49. The first-order valence-electron chi connectivity index (χ1n) is 6.36. The highest BCUT2D eigenvalue weighted by molar-refractivity contribution is 6.03. The Balaban J connectivity index is 0.00000361. The van der Waals surface area contributed by atoms with E-state index < -0.39 is 5.54 Å². The van der Waals surface area contributed by atoms with Gasteiger partial charge in [0.2, 0.25) is 0 Å². The molecular weight excluding hydrogens is 278 g/mol. The second-order valence-electron chi connectivity index (χ2n) is 5.32. The van der Waals surface area contributed by atoms with Gasteiger partial charge in [0.05, 0.1) is 19.8 Å². The standard InChI is InChI=1S/C15H23NO3.ClH/c1-10(2)16-15(3,4)14(17)11-7-8-12(18-5)13(9-11)19-6;/h7-10,16H,1-6H3;1H. The molecule has 20 heavy (non-hydrogen) atoms. The number of rotatable bonds is 6. The summed E-state index contributed by atoms with van der Waals surface area (Å²) in [6.45, 7) is 7.80. The van der Waals surface area contributed by atoms with Crippen molar-refractivity contribution in [1.82, 2.24) is 5.32 Å². The summed E-state index contributed by atoms with van der Waals surface area (Å²) >= 11 is 0. The molecule has 0 aliphatic carbocycles. The Morgan fingerprint density at radius 3 is 2.15 bits per heavy atom. The van der Waals surface area contributed by atoms with E-state index in [0.717, 1.165) is 0 Å². The molecule has 5 heteroatoms. The van der Waals surface area contributed by atoms with Crippen molar-refractivity contribution < 1.29 is 14.3 Å². The highest BCUT2D eigenvalue weighted by Gasteiger charge is 2.29. The zero-order valence-electron chi connectivity index (χ0n) is 12.9. The molecule has 0 radical (unpaired) electrons. The molecule has 0 aliphatic rings. The van der Waals surface area contributed by atoms with E-state index in [1.165, 1.54) is 0 Å². The van der Waals surface area contributed by atoms with Crippen LogP contribution in [0.3, 0.4) is 0 Å². The molecule has 0 bridgehead atoms. The van der Waals surface area contributed by atoms with Gasteiger partial charge >= 0.3 is 0 Å². The van der Waals surface area contributed by atoms with Crippen LogP contribution in [0.25, 0.3) is 0 Å². The Hall–Kier alpha value is -1.26. The summed E-state index contributed by atoms with van der Waals surface area (Å²) in [5.41, 5.74) is -0.0101. The smallest absolute Gasteiger partial charge is 0.182 e. The van der Waals surface area contributed by atoms with E-state index in [0.29, 0.717) is 17.1 Å². The van der Waals surface area contributed by atoms with Crippen LogP contribution >= 0.6 is 12.4 Å². The van der Waals surface area contributed by atoms with Gasteiger partial charge in [-0.2, -0.15) is 0 Å². The van der Waals surface area contributed by atoms with Crippen molar-refractivity contribution >= 4 is 18.2 Å². The molecule has 0 saturated heterocycles. The molecule has 1 aromatic rings. The van der Waals surface area contributed by atoms with Crippen LogP contribution in [0.1, 0.15) is 38.1 Å². The summed E-state index contributed by atoms with van der Waals surface area (Å²) in [5, 5.41) is 3.26. The van der Waals surface area contributed by atoms with Crippen molar-refractivity contribution in [3.05, 3.63) is 23.8 Å². The van der Waals surface area contributed by atoms with Gasteiger partial charge in [-0.25, -0.2) is 0 Å². The number of hydrogen-bond donors (Lipinski definition) is 1. The van der Waals surface area contributed by atoms with Crippen LogP contribution in [-0.2, 0) is 0 Å². The quantitative estimate of drug-likeness (QED) is 0.820. The Kier molecular flexibility index (Phi) is 7.03. The number of ketones is 1. The number of methoxy groups -OCH3 is 2. The van der Waals surface area contributed by atoms with Crippen LogP contribution < -0.4 is 14.8 Å².